The van der Waals surface area contributed by atoms with E-state index < -0.39 is 17.8 Å². The van der Waals surface area contributed by atoms with Crippen LogP contribution in [0.3, 0.4) is 0 Å². The van der Waals surface area contributed by atoms with Crippen molar-refractivity contribution in [3.05, 3.63) is 71.9 Å². The highest BCUT2D eigenvalue weighted by molar-refractivity contribution is 5.94. The number of furan rings is 1. The molecule has 10 heteroatoms. The fraction of sp³-hybridized carbons (Fsp3) is 0.261. The minimum absolute atomic E-state index is 0.0697. The highest BCUT2D eigenvalue weighted by Gasteiger charge is 2.37. The fourth-order valence-electron chi connectivity index (χ4n) is 4.14. The molecule has 0 spiro atoms. The van der Waals surface area contributed by atoms with Gasteiger partial charge >= 0.3 is 6.18 Å². The van der Waals surface area contributed by atoms with Crippen LogP contribution < -0.4 is 4.74 Å². The number of halogens is 3. The van der Waals surface area contributed by atoms with Gasteiger partial charge in [0.25, 0.3) is 5.91 Å². The summed E-state index contributed by atoms with van der Waals surface area (Å²) in [5.41, 5.74) is -0.640. The van der Waals surface area contributed by atoms with Gasteiger partial charge in [-0.3, -0.25) is 4.79 Å². The van der Waals surface area contributed by atoms with Crippen molar-refractivity contribution >= 4 is 11.6 Å². The van der Waals surface area contributed by atoms with Crippen LogP contribution in [0.25, 0.3) is 16.9 Å². The first kappa shape index (κ1) is 21.0. The van der Waals surface area contributed by atoms with Crippen LogP contribution in [0.2, 0.25) is 0 Å². The fourth-order valence-corrected chi connectivity index (χ4v) is 4.14. The van der Waals surface area contributed by atoms with Gasteiger partial charge in [-0.1, -0.05) is 12.1 Å². The molecule has 1 amide bonds. The first-order valence-electron chi connectivity index (χ1n) is 10.3. The zero-order chi connectivity index (χ0) is 23.2. The monoisotopic (exact) mass is 456 g/mol. The van der Waals surface area contributed by atoms with E-state index in [-0.39, 0.29) is 23.1 Å². The standard InChI is InChI=1S/C23H19F3N4O3/c1-32-15-6-2-5-14(11-15)16-12-20(23(24,25)26)30-21(27-16)13-17(28-30)22(31)29-9-3-7-18(29)19-8-4-10-33-19/h2,4-6,8,10-13,18H,3,7,9H2,1H3/t18-/m1/s1. The van der Waals surface area contributed by atoms with Gasteiger partial charge in [-0.2, -0.15) is 18.3 Å². The van der Waals surface area contributed by atoms with Gasteiger partial charge in [0.1, 0.15) is 11.5 Å². The molecule has 0 unspecified atom stereocenters. The van der Waals surface area contributed by atoms with E-state index in [1.54, 1.807) is 41.3 Å². The first-order chi connectivity index (χ1) is 15.8. The largest absolute Gasteiger partial charge is 0.497 e. The lowest BCUT2D eigenvalue weighted by molar-refractivity contribution is -0.142. The van der Waals surface area contributed by atoms with Crippen molar-refractivity contribution in [3.63, 3.8) is 0 Å². The third-order valence-electron chi connectivity index (χ3n) is 5.69. The molecule has 0 aliphatic carbocycles. The number of benzene rings is 1. The number of rotatable bonds is 4. The van der Waals surface area contributed by atoms with E-state index in [0.29, 0.717) is 34.6 Å². The van der Waals surface area contributed by atoms with Crippen molar-refractivity contribution in [2.24, 2.45) is 0 Å². The van der Waals surface area contributed by atoms with Gasteiger partial charge < -0.3 is 14.1 Å². The number of hydrogen-bond acceptors (Lipinski definition) is 5. The minimum atomic E-state index is -4.70. The Labute approximate surface area is 186 Å². The van der Waals surface area contributed by atoms with E-state index in [9.17, 15) is 18.0 Å². The number of carbonyl (C=O) groups excluding carboxylic acids is 1. The van der Waals surface area contributed by atoms with Gasteiger partial charge in [-0.25, -0.2) is 9.50 Å². The second-order valence-electron chi connectivity index (χ2n) is 7.73. The summed E-state index contributed by atoms with van der Waals surface area (Å²) in [4.78, 5) is 19.1. The van der Waals surface area contributed by atoms with E-state index in [0.717, 1.165) is 12.5 Å². The normalized spacial score (nSPS) is 16.5. The van der Waals surface area contributed by atoms with Crippen molar-refractivity contribution in [3.8, 4) is 17.0 Å². The molecule has 1 aliphatic rings. The molecule has 7 nitrogen and oxygen atoms in total. The summed E-state index contributed by atoms with van der Waals surface area (Å²) in [6.07, 6.45) is -1.71. The Morgan fingerprint density at radius 2 is 2.03 bits per heavy atom. The van der Waals surface area contributed by atoms with E-state index in [1.807, 2.05) is 0 Å². The number of ether oxygens (including phenoxy) is 1. The highest BCUT2D eigenvalue weighted by atomic mass is 19.4. The molecule has 0 bridgehead atoms. The maximum Gasteiger partial charge on any atom is 0.433 e. The van der Waals surface area contributed by atoms with Crippen LogP contribution in [-0.2, 0) is 6.18 Å². The second kappa shape index (κ2) is 7.95. The molecule has 3 aromatic heterocycles. The number of alkyl halides is 3. The van der Waals surface area contributed by atoms with Gasteiger partial charge in [0.15, 0.2) is 17.0 Å². The topological polar surface area (TPSA) is 72.9 Å². The summed E-state index contributed by atoms with van der Waals surface area (Å²) >= 11 is 0. The van der Waals surface area contributed by atoms with Gasteiger partial charge in [0.05, 0.1) is 25.1 Å². The van der Waals surface area contributed by atoms with Crippen LogP contribution in [-0.4, -0.2) is 39.1 Å². The van der Waals surface area contributed by atoms with E-state index in [4.69, 9.17) is 9.15 Å². The van der Waals surface area contributed by atoms with E-state index in [2.05, 4.69) is 10.1 Å². The number of hydrogen-bond donors (Lipinski definition) is 0. The van der Waals surface area contributed by atoms with Crippen LogP contribution in [0.4, 0.5) is 13.2 Å². The lowest BCUT2D eigenvalue weighted by atomic mass is 10.1. The van der Waals surface area contributed by atoms with Crippen LogP contribution in [0, 0.1) is 0 Å². The molecule has 1 fully saturated rings. The molecule has 5 rings (SSSR count). The number of likely N-dealkylation sites (tertiary alicyclic amines) is 1. The number of amides is 1. The summed E-state index contributed by atoms with van der Waals surface area (Å²) < 4.78 is 53.0. The molecule has 4 aromatic rings. The number of aromatic nitrogens is 3. The molecule has 0 saturated carbocycles. The third-order valence-corrected chi connectivity index (χ3v) is 5.69. The van der Waals surface area contributed by atoms with Crippen molar-refractivity contribution < 1.29 is 27.1 Å². The molecule has 33 heavy (non-hydrogen) atoms. The van der Waals surface area contributed by atoms with Gasteiger partial charge in [-0.05, 0) is 43.2 Å². The smallest absolute Gasteiger partial charge is 0.433 e. The van der Waals surface area contributed by atoms with E-state index in [1.165, 1.54) is 19.4 Å². The highest BCUT2D eigenvalue weighted by Crippen LogP contribution is 2.35. The summed E-state index contributed by atoms with van der Waals surface area (Å²) in [6, 6.07) is 12.0. The molecule has 1 saturated heterocycles. The summed E-state index contributed by atoms with van der Waals surface area (Å²) in [5, 5.41) is 4.00. The Bertz CT molecular complexity index is 1310. The van der Waals surface area contributed by atoms with Crippen molar-refractivity contribution in [2.75, 3.05) is 13.7 Å². The quantitative estimate of drug-likeness (QED) is 0.433. The lowest BCUT2D eigenvalue weighted by Crippen LogP contribution is -2.30. The maximum absolute atomic E-state index is 13.9. The Morgan fingerprint density at radius 1 is 1.18 bits per heavy atom. The maximum atomic E-state index is 13.9. The van der Waals surface area contributed by atoms with Crippen LogP contribution >= 0.6 is 0 Å². The Balaban J connectivity index is 1.58. The van der Waals surface area contributed by atoms with Crippen molar-refractivity contribution in [1.29, 1.82) is 0 Å². The molecule has 0 N–H and O–H groups in total. The van der Waals surface area contributed by atoms with Crippen molar-refractivity contribution in [2.45, 2.75) is 25.1 Å². The molecular formula is C23H19F3N4O3. The molecule has 170 valence electrons. The molecule has 0 radical (unpaired) electrons. The Morgan fingerprint density at radius 3 is 2.76 bits per heavy atom. The average molecular weight is 456 g/mol. The predicted molar refractivity (Wildman–Crippen MR) is 112 cm³/mol. The number of fused-ring (bicyclic) bond motifs is 1. The van der Waals surface area contributed by atoms with Gasteiger partial charge in [0.2, 0.25) is 0 Å². The molecule has 1 aliphatic heterocycles. The minimum Gasteiger partial charge on any atom is -0.497 e. The average Bonchev–Trinajstić information content (AvgIpc) is 3.57. The zero-order valence-corrected chi connectivity index (χ0v) is 17.5. The lowest BCUT2D eigenvalue weighted by Gasteiger charge is -2.22. The first-order valence-corrected chi connectivity index (χ1v) is 10.3. The Hall–Kier alpha value is -3.82. The predicted octanol–water partition coefficient (Wildman–Crippen LogP) is 4.99. The number of nitrogens with zero attached hydrogens (tertiary/aromatic N) is 4. The van der Waals surface area contributed by atoms with E-state index >= 15 is 0 Å². The molecular weight excluding hydrogens is 437 g/mol. The summed E-state index contributed by atoms with van der Waals surface area (Å²) in [6.45, 7) is 0.465. The van der Waals surface area contributed by atoms with Gasteiger partial charge in [0, 0.05) is 18.2 Å². The Kier molecular flexibility index (Phi) is 5.07. The molecule has 4 heterocycles. The van der Waals surface area contributed by atoms with Crippen LogP contribution in [0.1, 0.15) is 40.8 Å². The third kappa shape index (κ3) is 3.81. The second-order valence-corrected chi connectivity index (χ2v) is 7.73. The zero-order valence-electron chi connectivity index (χ0n) is 17.5. The van der Waals surface area contributed by atoms with Crippen LogP contribution in [0.15, 0.2) is 59.2 Å². The molecule has 1 aromatic carbocycles. The summed E-state index contributed by atoms with van der Waals surface area (Å²) in [7, 11) is 1.47. The van der Waals surface area contributed by atoms with Crippen LogP contribution in [0.5, 0.6) is 5.75 Å². The number of carbonyl (C=O) groups is 1. The summed E-state index contributed by atoms with van der Waals surface area (Å²) in [5.74, 6) is 0.666. The number of methoxy groups -OCH3 is 1. The van der Waals surface area contributed by atoms with Crippen molar-refractivity contribution in [1.82, 2.24) is 19.5 Å². The molecule has 1 atom stereocenters. The van der Waals surface area contributed by atoms with Gasteiger partial charge in [-0.15, -0.1) is 0 Å². The SMILES string of the molecule is COc1cccc(-c2cc(C(F)(F)F)n3nc(C(=O)N4CCC[C@@H]4c4ccco4)cc3n2)c1.